The molecule has 21 heavy (non-hydrogen) atoms. The summed E-state index contributed by atoms with van der Waals surface area (Å²) in [6, 6.07) is 3.89. The van der Waals surface area contributed by atoms with Crippen LogP contribution in [0.2, 0.25) is 0 Å². The molecule has 1 saturated carbocycles. The van der Waals surface area contributed by atoms with Gasteiger partial charge in [0.25, 0.3) is 0 Å². The third-order valence-electron chi connectivity index (χ3n) is 4.60. The van der Waals surface area contributed by atoms with Crippen LogP contribution in [0.4, 0.5) is 5.82 Å². The van der Waals surface area contributed by atoms with Gasteiger partial charge in [-0.1, -0.05) is 19.3 Å². The first-order valence-corrected chi connectivity index (χ1v) is 7.73. The lowest BCUT2D eigenvalue weighted by atomic mass is 9.72. The zero-order chi connectivity index (χ0) is 14.5. The Bertz CT molecular complexity index is 585. The second kappa shape index (κ2) is 6.35. The fraction of sp³-hybridized carbons (Fsp3) is 0.562. The predicted octanol–water partition coefficient (Wildman–Crippen LogP) is 2.77. The summed E-state index contributed by atoms with van der Waals surface area (Å²) < 4.78 is 0. The summed E-state index contributed by atoms with van der Waals surface area (Å²) in [5.74, 6) is 0.844. The molecule has 5 heteroatoms. The van der Waals surface area contributed by atoms with Crippen LogP contribution in [0.3, 0.4) is 0 Å². The van der Waals surface area contributed by atoms with Gasteiger partial charge in [-0.05, 0) is 36.8 Å². The van der Waals surface area contributed by atoms with Crippen LogP contribution in [-0.4, -0.2) is 33.2 Å². The standard InChI is InChI=1S/C16H22N4O/c21-10-8-16(6-2-1-3-7-16)11-18-15-13-5-4-9-17-14(13)19-12-20-15/h4-5,9,12,21H,1-3,6-8,10-11H2,(H,17,18,19,20). The average molecular weight is 286 g/mol. The summed E-state index contributed by atoms with van der Waals surface area (Å²) >= 11 is 0. The fourth-order valence-electron chi connectivity index (χ4n) is 3.36. The second-order valence-electron chi connectivity index (χ2n) is 5.98. The van der Waals surface area contributed by atoms with Gasteiger partial charge in [-0.15, -0.1) is 0 Å². The molecule has 0 saturated heterocycles. The van der Waals surface area contributed by atoms with E-state index in [1.165, 1.54) is 32.1 Å². The van der Waals surface area contributed by atoms with Crippen molar-refractivity contribution >= 4 is 16.9 Å². The number of aliphatic hydroxyl groups is 1. The van der Waals surface area contributed by atoms with E-state index in [1.807, 2.05) is 12.1 Å². The quantitative estimate of drug-likeness (QED) is 0.884. The molecule has 0 aliphatic heterocycles. The molecular weight excluding hydrogens is 264 g/mol. The molecule has 0 atom stereocenters. The molecule has 0 spiro atoms. The Hall–Kier alpha value is -1.75. The van der Waals surface area contributed by atoms with E-state index in [9.17, 15) is 5.11 Å². The normalized spacial score (nSPS) is 17.8. The molecule has 0 radical (unpaired) electrons. The smallest absolute Gasteiger partial charge is 0.164 e. The van der Waals surface area contributed by atoms with Crippen LogP contribution in [-0.2, 0) is 0 Å². The topological polar surface area (TPSA) is 70.9 Å². The van der Waals surface area contributed by atoms with Crippen molar-refractivity contribution in [3.8, 4) is 0 Å². The highest BCUT2D eigenvalue weighted by atomic mass is 16.3. The Kier molecular flexibility index (Phi) is 4.29. The summed E-state index contributed by atoms with van der Waals surface area (Å²) in [5, 5.41) is 13.8. The maximum Gasteiger partial charge on any atom is 0.164 e. The van der Waals surface area contributed by atoms with Crippen molar-refractivity contribution in [2.45, 2.75) is 38.5 Å². The third kappa shape index (κ3) is 3.13. The molecule has 1 aliphatic rings. The summed E-state index contributed by atoms with van der Waals surface area (Å²) in [6.07, 6.45) is 10.4. The SMILES string of the molecule is OCCC1(CNc2ncnc3ncccc23)CCCCC1. The lowest BCUT2D eigenvalue weighted by Gasteiger charge is -2.37. The fourth-order valence-corrected chi connectivity index (χ4v) is 3.36. The lowest BCUT2D eigenvalue weighted by Crippen LogP contribution is -2.33. The van der Waals surface area contributed by atoms with Crippen LogP contribution in [0.25, 0.3) is 11.0 Å². The van der Waals surface area contributed by atoms with Gasteiger partial charge in [0.05, 0.1) is 5.39 Å². The van der Waals surface area contributed by atoms with Gasteiger partial charge in [-0.3, -0.25) is 0 Å². The van der Waals surface area contributed by atoms with Crippen molar-refractivity contribution in [1.82, 2.24) is 15.0 Å². The van der Waals surface area contributed by atoms with E-state index in [0.717, 1.165) is 29.8 Å². The molecule has 2 N–H and O–H groups in total. The first-order chi connectivity index (χ1) is 10.3. The minimum Gasteiger partial charge on any atom is -0.396 e. The number of nitrogens with zero attached hydrogens (tertiary/aromatic N) is 3. The van der Waals surface area contributed by atoms with Crippen LogP contribution < -0.4 is 5.32 Å². The molecule has 0 unspecified atom stereocenters. The van der Waals surface area contributed by atoms with Crippen LogP contribution in [0.5, 0.6) is 0 Å². The van der Waals surface area contributed by atoms with E-state index in [-0.39, 0.29) is 12.0 Å². The van der Waals surface area contributed by atoms with E-state index in [2.05, 4.69) is 20.3 Å². The van der Waals surface area contributed by atoms with Crippen molar-refractivity contribution in [2.75, 3.05) is 18.5 Å². The van der Waals surface area contributed by atoms with E-state index in [0.29, 0.717) is 0 Å². The van der Waals surface area contributed by atoms with Gasteiger partial charge in [0, 0.05) is 19.3 Å². The lowest BCUT2D eigenvalue weighted by molar-refractivity contribution is 0.141. The number of rotatable bonds is 5. The Morgan fingerprint density at radius 2 is 2.00 bits per heavy atom. The summed E-state index contributed by atoms with van der Waals surface area (Å²) in [6.45, 7) is 1.11. The third-order valence-corrected chi connectivity index (χ3v) is 4.60. The van der Waals surface area contributed by atoms with Crippen molar-refractivity contribution in [2.24, 2.45) is 5.41 Å². The van der Waals surface area contributed by atoms with Crippen LogP contribution in [0.1, 0.15) is 38.5 Å². The second-order valence-corrected chi connectivity index (χ2v) is 5.98. The minimum absolute atomic E-state index is 0.201. The van der Waals surface area contributed by atoms with E-state index in [1.54, 1.807) is 12.5 Å². The van der Waals surface area contributed by atoms with Gasteiger partial charge < -0.3 is 10.4 Å². The molecule has 0 bridgehead atoms. The number of nitrogens with one attached hydrogen (secondary N) is 1. The molecule has 1 fully saturated rings. The minimum atomic E-state index is 0.201. The average Bonchev–Trinajstić information content (AvgIpc) is 2.54. The molecule has 0 amide bonds. The van der Waals surface area contributed by atoms with Crippen molar-refractivity contribution < 1.29 is 5.11 Å². The molecule has 3 rings (SSSR count). The molecule has 5 nitrogen and oxygen atoms in total. The Morgan fingerprint density at radius 1 is 1.14 bits per heavy atom. The van der Waals surface area contributed by atoms with Crippen LogP contribution >= 0.6 is 0 Å². The number of pyridine rings is 1. The highest BCUT2D eigenvalue weighted by Crippen LogP contribution is 2.39. The Balaban J connectivity index is 1.78. The molecular formula is C16H22N4O. The maximum atomic E-state index is 9.39. The Labute approximate surface area is 124 Å². The first-order valence-electron chi connectivity index (χ1n) is 7.73. The van der Waals surface area contributed by atoms with Crippen molar-refractivity contribution in [3.63, 3.8) is 0 Å². The number of aliphatic hydroxyl groups excluding tert-OH is 1. The number of fused-ring (bicyclic) bond motifs is 1. The van der Waals surface area contributed by atoms with Gasteiger partial charge in [0.1, 0.15) is 12.1 Å². The van der Waals surface area contributed by atoms with Crippen molar-refractivity contribution in [3.05, 3.63) is 24.7 Å². The molecule has 2 aromatic rings. The summed E-state index contributed by atoms with van der Waals surface area (Å²) in [7, 11) is 0. The van der Waals surface area contributed by atoms with Crippen LogP contribution in [0.15, 0.2) is 24.7 Å². The Morgan fingerprint density at radius 3 is 2.81 bits per heavy atom. The van der Waals surface area contributed by atoms with Crippen LogP contribution in [0, 0.1) is 5.41 Å². The monoisotopic (exact) mass is 286 g/mol. The molecule has 0 aromatic carbocycles. The first kappa shape index (κ1) is 14.2. The van der Waals surface area contributed by atoms with Gasteiger partial charge in [0.2, 0.25) is 0 Å². The van der Waals surface area contributed by atoms with Crippen molar-refractivity contribution in [1.29, 1.82) is 0 Å². The molecule has 2 aromatic heterocycles. The highest BCUT2D eigenvalue weighted by molar-refractivity contribution is 5.85. The van der Waals surface area contributed by atoms with E-state index >= 15 is 0 Å². The molecule has 112 valence electrons. The zero-order valence-electron chi connectivity index (χ0n) is 12.3. The largest absolute Gasteiger partial charge is 0.396 e. The van der Waals surface area contributed by atoms with E-state index in [4.69, 9.17) is 0 Å². The summed E-state index contributed by atoms with van der Waals surface area (Å²) in [4.78, 5) is 12.8. The zero-order valence-corrected chi connectivity index (χ0v) is 12.3. The predicted molar refractivity (Wildman–Crippen MR) is 83.0 cm³/mol. The number of aromatic nitrogens is 3. The number of hydrogen-bond acceptors (Lipinski definition) is 5. The highest BCUT2D eigenvalue weighted by Gasteiger charge is 2.31. The van der Waals surface area contributed by atoms with Gasteiger partial charge in [-0.2, -0.15) is 0 Å². The maximum absolute atomic E-state index is 9.39. The van der Waals surface area contributed by atoms with Gasteiger partial charge >= 0.3 is 0 Å². The number of hydrogen-bond donors (Lipinski definition) is 2. The number of anilines is 1. The van der Waals surface area contributed by atoms with Gasteiger partial charge in [0.15, 0.2) is 5.65 Å². The summed E-state index contributed by atoms with van der Waals surface area (Å²) in [5.41, 5.74) is 0.918. The molecule has 2 heterocycles. The van der Waals surface area contributed by atoms with Gasteiger partial charge in [-0.25, -0.2) is 15.0 Å². The van der Waals surface area contributed by atoms with E-state index < -0.39 is 0 Å². The molecule has 1 aliphatic carbocycles.